The van der Waals surface area contributed by atoms with Gasteiger partial charge in [-0.1, -0.05) is 30.0 Å². The second-order valence-electron chi connectivity index (χ2n) is 8.11. The fourth-order valence-electron chi connectivity index (χ4n) is 4.03. The van der Waals surface area contributed by atoms with Crippen molar-refractivity contribution in [3.8, 4) is 5.69 Å². The van der Waals surface area contributed by atoms with Crippen molar-refractivity contribution >= 4 is 40.2 Å². The van der Waals surface area contributed by atoms with Crippen molar-refractivity contribution in [2.45, 2.75) is 37.6 Å². The topological polar surface area (TPSA) is 126 Å². The largest absolute Gasteiger partial charge is 0.461 e. The van der Waals surface area contributed by atoms with E-state index < -0.39 is 5.97 Å². The summed E-state index contributed by atoms with van der Waals surface area (Å²) in [5.41, 5.74) is 2.31. The number of nitrogens with one attached hydrogen (secondary N) is 1. The Morgan fingerprint density at radius 2 is 2.06 bits per heavy atom. The summed E-state index contributed by atoms with van der Waals surface area (Å²) in [5.74, 6) is -0.642. The zero-order chi connectivity index (χ0) is 24.9. The van der Waals surface area contributed by atoms with Crippen molar-refractivity contribution in [1.29, 1.82) is 0 Å². The van der Waals surface area contributed by atoms with Crippen LogP contribution in [0, 0.1) is 0 Å². The van der Waals surface area contributed by atoms with Crippen LogP contribution in [0.15, 0.2) is 53.7 Å². The summed E-state index contributed by atoms with van der Waals surface area (Å²) in [4.78, 5) is 25.3. The summed E-state index contributed by atoms with van der Waals surface area (Å²) >= 11 is 1.22. The molecule has 1 atom stereocenters. The Morgan fingerprint density at radius 3 is 2.83 bits per heavy atom. The molecule has 3 heterocycles. The molecule has 0 radical (unpaired) electrons. The Labute approximate surface area is 211 Å². The van der Waals surface area contributed by atoms with Crippen LogP contribution in [0.1, 0.15) is 42.9 Å². The third-order valence-corrected chi connectivity index (χ3v) is 6.58. The number of para-hydroxylation sites is 1. The van der Waals surface area contributed by atoms with Gasteiger partial charge < -0.3 is 14.8 Å². The fraction of sp³-hybridized carbons (Fsp3) is 0.333. The second kappa shape index (κ2) is 10.9. The molecule has 12 heteroatoms. The van der Waals surface area contributed by atoms with Crippen LogP contribution in [0.4, 0.5) is 5.69 Å². The number of carbonyl (C=O) groups is 2. The first-order valence-electron chi connectivity index (χ1n) is 11.7. The number of hydrogen-bond acceptors (Lipinski definition) is 9. The first-order valence-corrected chi connectivity index (χ1v) is 12.7. The molecule has 1 saturated heterocycles. The van der Waals surface area contributed by atoms with Gasteiger partial charge in [-0.25, -0.2) is 9.48 Å². The van der Waals surface area contributed by atoms with E-state index in [-0.39, 0.29) is 30.2 Å². The minimum Gasteiger partial charge on any atom is -0.461 e. The monoisotopic (exact) mass is 507 g/mol. The maximum absolute atomic E-state index is 12.7. The number of benzene rings is 2. The number of anilines is 1. The van der Waals surface area contributed by atoms with Crippen molar-refractivity contribution in [3.05, 3.63) is 54.2 Å². The van der Waals surface area contributed by atoms with Crippen LogP contribution in [-0.4, -0.2) is 60.8 Å². The molecule has 1 aliphatic rings. The summed E-state index contributed by atoms with van der Waals surface area (Å²) in [7, 11) is 0. The molecule has 0 bridgehead atoms. The number of ether oxygens (including phenoxy) is 2. The summed E-state index contributed by atoms with van der Waals surface area (Å²) < 4.78 is 14.4. The number of carbonyl (C=O) groups excluding carboxylic acids is 2. The fourth-order valence-corrected chi connectivity index (χ4v) is 4.72. The van der Waals surface area contributed by atoms with E-state index in [9.17, 15) is 9.59 Å². The number of fused-ring (bicyclic) bond motifs is 1. The van der Waals surface area contributed by atoms with Crippen LogP contribution in [-0.2, 0) is 14.3 Å². The van der Waals surface area contributed by atoms with E-state index in [0.29, 0.717) is 22.8 Å². The van der Waals surface area contributed by atoms with Crippen LogP contribution in [0.25, 0.3) is 16.6 Å². The summed E-state index contributed by atoms with van der Waals surface area (Å²) in [6, 6.07) is 14.8. The minimum absolute atomic E-state index is 0.102. The number of aromatic nitrogens is 6. The molecule has 36 heavy (non-hydrogen) atoms. The van der Waals surface area contributed by atoms with Gasteiger partial charge in [0, 0.05) is 17.7 Å². The second-order valence-corrected chi connectivity index (χ2v) is 9.05. The molecule has 2 aromatic heterocycles. The number of nitrogens with zero attached hydrogens (tertiary/aromatic N) is 6. The lowest BCUT2D eigenvalue weighted by Gasteiger charge is -2.23. The van der Waals surface area contributed by atoms with Gasteiger partial charge in [-0.3, -0.25) is 4.79 Å². The molecule has 0 spiro atoms. The normalized spacial score (nSPS) is 15.6. The van der Waals surface area contributed by atoms with Crippen LogP contribution in [0.3, 0.4) is 0 Å². The smallest absolute Gasteiger partial charge is 0.359 e. The van der Waals surface area contributed by atoms with Crippen molar-refractivity contribution in [1.82, 2.24) is 30.0 Å². The van der Waals surface area contributed by atoms with Crippen LogP contribution >= 0.6 is 11.8 Å². The molecule has 186 valence electrons. The number of amides is 1. The quantitative estimate of drug-likeness (QED) is 0.281. The molecule has 0 saturated carbocycles. The first kappa shape index (κ1) is 23.9. The van der Waals surface area contributed by atoms with E-state index in [2.05, 4.69) is 25.9 Å². The Morgan fingerprint density at radius 1 is 1.19 bits per heavy atom. The van der Waals surface area contributed by atoms with Gasteiger partial charge in [-0.2, -0.15) is 9.78 Å². The van der Waals surface area contributed by atoms with Crippen molar-refractivity contribution < 1.29 is 19.1 Å². The molecule has 1 amide bonds. The SMILES string of the molecule is CCOC(=O)c1nn(C2CCCCO2)c2ccc(NC(=O)CSc3nnnn3-c3ccccc3)cc12. The zero-order valence-electron chi connectivity index (χ0n) is 19.7. The Kier molecular flexibility index (Phi) is 7.23. The van der Waals surface area contributed by atoms with E-state index in [1.165, 1.54) is 11.8 Å². The first-order chi connectivity index (χ1) is 17.6. The molecule has 11 nitrogen and oxygen atoms in total. The van der Waals surface area contributed by atoms with Gasteiger partial charge in [-0.05, 0) is 66.9 Å². The highest BCUT2D eigenvalue weighted by Crippen LogP contribution is 2.30. The van der Waals surface area contributed by atoms with Crippen molar-refractivity contribution in [2.75, 3.05) is 24.3 Å². The molecule has 1 unspecified atom stereocenters. The molecule has 1 fully saturated rings. The highest BCUT2D eigenvalue weighted by molar-refractivity contribution is 7.99. The van der Waals surface area contributed by atoms with Gasteiger partial charge in [0.25, 0.3) is 0 Å². The standard InChI is InChI=1S/C24H25N7O4S/c1-2-34-23(33)22-18-14-16(11-12-19(18)31(27-22)21-10-6-7-13-35-21)25-20(32)15-36-24-26-28-29-30(24)17-8-4-3-5-9-17/h3-5,8-9,11-12,14,21H,2,6-7,10,13,15H2,1H3,(H,25,32). The third kappa shape index (κ3) is 5.09. The van der Waals surface area contributed by atoms with E-state index in [4.69, 9.17) is 9.47 Å². The van der Waals surface area contributed by atoms with E-state index in [1.54, 1.807) is 28.4 Å². The molecular formula is C24H25N7O4S. The number of tetrazole rings is 1. The van der Waals surface area contributed by atoms with Gasteiger partial charge in [0.05, 0.1) is 23.6 Å². The Bertz CT molecular complexity index is 1370. The number of thioether (sulfide) groups is 1. The van der Waals surface area contributed by atoms with E-state index >= 15 is 0 Å². The van der Waals surface area contributed by atoms with Gasteiger partial charge in [0.1, 0.15) is 0 Å². The zero-order valence-corrected chi connectivity index (χ0v) is 20.5. The van der Waals surface area contributed by atoms with Gasteiger partial charge in [-0.15, -0.1) is 5.10 Å². The average Bonchev–Trinajstić information content (AvgIpc) is 3.53. The third-order valence-electron chi connectivity index (χ3n) is 5.66. The summed E-state index contributed by atoms with van der Waals surface area (Å²) in [6.07, 6.45) is 2.61. The molecule has 1 aliphatic heterocycles. The minimum atomic E-state index is -0.510. The van der Waals surface area contributed by atoms with Crippen molar-refractivity contribution in [2.24, 2.45) is 0 Å². The lowest BCUT2D eigenvalue weighted by atomic mass is 10.1. The number of esters is 1. The maximum Gasteiger partial charge on any atom is 0.359 e. The van der Waals surface area contributed by atoms with Crippen molar-refractivity contribution in [3.63, 3.8) is 0 Å². The predicted octanol–water partition coefficient (Wildman–Crippen LogP) is 3.62. The number of hydrogen-bond donors (Lipinski definition) is 1. The number of rotatable bonds is 8. The van der Waals surface area contributed by atoms with Crippen LogP contribution < -0.4 is 5.32 Å². The molecule has 2 aromatic carbocycles. The average molecular weight is 508 g/mol. The maximum atomic E-state index is 12.7. The summed E-state index contributed by atoms with van der Waals surface area (Å²) in [5, 5.41) is 20.3. The molecule has 4 aromatic rings. The summed E-state index contributed by atoms with van der Waals surface area (Å²) in [6.45, 7) is 2.64. The van der Waals surface area contributed by atoms with E-state index in [0.717, 1.165) is 30.5 Å². The molecule has 5 rings (SSSR count). The van der Waals surface area contributed by atoms with Gasteiger partial charge in [0.15, 0.2) is 11.9 Å². The van der Waals surface area contributed by atoms with Crippen LogP contribution in [0.2, 0.25) is 0 Å². The Hall–Kier alpha value is -3.77. The van der Waals surface area contributed by atoms with Crippen LogP contribution in [0.5, 0.6) is 0 Å². The highest BCUT2D eigenvalue weighted by Gasteiger charge is 2.25. The van der Waals surface area contributed by atoms with Gasteiger partial charge in [0.2, 0.25) is 11.1 Å². The van der Waals surface area contributed by atoms with Gasteiger partial charge >= 0.3 is 5.97 Å². The van der Waals surface area contributed by atoms with E-state index in [1.807, 2.05) is 36.4 Å². The predicted molar refractivity (Wildman–Crippen MR) is 133 cm³/mol. The molecular weight excluding hydrogens is 482 g/mol. The Balaban J connectivity index is 1.33. The molecule has 0 aliphatic carbocycles. The highest BCUT2D eigenvalue weighted by atomic mass is 32.2. The molecule has 1 N–H and O–H groups in total. The lowest BCUT2D eigenvalue weighted by Crippen LogP contribution is -2.19. The lowest BCUT2D eigenvalue weighted by molar-refractivity contribution is -0.113.